The number of methoxy groups -OCH3 is 1. The van der Waals surface area contributed by atoms with E-state index in [9.17, 15) is 48.5 Å². The highest BCUT2D eigenvalue weighted by atomic mass is 16.8. The number of carbonyl (C=O) groups excluding carboxylic acids is 8. The maximum atomic E-state index is 14.2. The van der Waals surface area contributed by atoms with Crippen LogP contribution in [0.3, 0.4) is 0 Å². The fourth-order valence-corrected chi connectivity index (χ4v) is 8.29. The van der Waals surface area contributed by atoms with Gasteiger partial charge in [-0.25, -0.2) is 14.4 Å². The third-order valence-corrected chi connectivity index (χ3v) is 12.5. The first-order chi connectivity index (χ1) is 40.2. The van der Waals surface area contributed by atoms with Gasteiger partial charge in [0.1, 0.15) is 49.3 Å². The zero-order valence-corrected chi connectivity index (χ0v) is 47.4. The van der Waals surface area contributed by atoms with Gasteiger partial charge in [-0.15, -0.1) is 0 Å². The summed E-state index contributed by atoms with van der Waals surface area (Å²) in [7, 11) is 1.59. The van der Waals surface area contributed by atoms with E-state index in [1.807, 2.05) is 0 Å². The molecule has 3 aromatic carbocycles. The Hall–Kier alpha value is -8.06. The van der Waals surface area contributed by atoms with Crippen LogP contribution >= 0.6 is 0 Å². The van der Waals surface area contributed by atoms with Crippen LogP contribution in [-0.2, 0) is 79.8 Å². The molecule has 0 saturated carbocycles. The Balaban J connectivity index is 1.19. The van der Waals surface area contributed by atoms with E-state index < -0.39 is 114 Å². The summed E-state index contributed by atoms with van der Waals surface area (Å²) < 4.78 is 55.0. The van der Waals surface area contributed by atoms with E-state index in [1.54, 1.807) is 77.3 Å². The maximum absolute atomic E-state index is 14.2. The molecule has 2 fully saturated rings. The molecule has 8 amide bonds. The second-order valence-corrected chi connectivity index (χ2v) is 19.8. The van der Waals surface area contributed by atoms with E-state index in [-0.39, 0.29) is 75.9 Å². The summed E-state index contributed by atoms with van der Waals surface area (Å²) in [6.45, 7) is 8.86. The van der Waals surface area contributed by atoms with Gasteiger partial charge in [0.05, 0.1) is 51.2 Å². The number of nitrogens with one attached hydrogen (secondary N) is 7. The maximum Gasteiger partial charge on any atom is 0.514 e. The van der Waals surface area contributed by atoms with Crippen LogP contribution < -0.4 is 47.7 Å². The van der Waals surface area contributed by atoms with E-state index in [1.165, 1.54) is 24.3 Å². The highest BCUT2D eigenvalue weighted by molar-refractivity contribution is 5.99. The fourth-order valence-electron chi connectivity index (χ4n) is 8.29. The lowest BCUT2D eigenvalue weighted by Gasteiger charge is -2.27. The Morgan fingerprint density at radius 2 is 1.31 bits per heavy atom. The van der Waals surface area contributed by atoms with Gasteiger partial charge < -0.3 is 90.3 Å². The van der Waals surface area contributed by atoms with Crippen LogP contribution in [0.4, 0.5) is 25.8 Å². The van der Waals surface area contributed by atoms with E-state index in [4.69, 9.17) is 53.1 Å². The van der Waals surface area contributed by atoms with Gasteiger partial charge in [-0.2, -0.15) is 0 Å². The van der Waals surface area contributed by atoms with Crippen molar-refractivity contribution in [3.8, 4) is 5.75 Å². The predicted molar refractivity (Wildman–Crippen MR) is 295 cm³/mol. The number of hydrogen-bond donors (Lipinski definition) is 8. The molecule has 1 unspecified atom stereocenters. The first kappa shape index (κ1) is 66.7. The first-order valence-corrected chi connectivity index (χ1v) is 27.1. The molecule has 2 heterocycles. The summed E-state index contributed by atoms with van der Waals surface area (Å²) in [5.41, 5.74) is 6.46. The molecule has 0 aromatic heterocycles. The van der Waals surface area contributed by atoms with Crippen molar-refractivity contribution in [1.29, 1.82) is 0 Å². The Morgan fingerprint density at radius 3 is 1.95 bits per heavy atom. The van der Waals surface area contributed by atoms with Gasteiger partial charge in [0.15, 0.2) is 18.1 Å². The van der Waals surface area contributed by atoms with Gasteiger partial charge in [-0.1, -0.05) is 56.3 Å². The lowest BCUT2D eigenvalue weighted by Crippen LogP contribution is -2.58. The smallest absolute Gasteiger partial charge is 0.445 e. The Kier molecular flexibility index (Phi) is 27.4. The number of carbonyl (C=O) groups is 8. The summed E-state index contributed by atoms with van der Waals surface area (Å²) in [5, 5.41) is 29.4. The van der Waals surface area contributed by atoms with Crippen LogP contribution in [0.5, 0.6) is 5.75 Å². The van der Waals surface area contributed by atoms with Crippen molar-refractivity contribution in [3.05, 3.63) is 100 Å². The molecule has 29 heteroatoms. The zero-order valence-electron chi connectivity index (χ0n) is 47.4. The lowest BCUT2D eigenvalue weighted by molar-refractivity contribution is -0.384. The Bertz CT molecular complexity index is 2630. The Morgan fingerprint density at radius 1 is 0.690 bits per heavy atom. The number of anilines is 1. The molecule has 2 saturated heterocycles. The number of nitro benzene ring substituents is 1. The van der Waals surface area contributed by atoms with Crippen LogP contribution in [0.2, 0.25) is 0 Å². The number of nitrogens with two attached hydrogens (primary N) is 1. The average molecular weight is 1180 g/mol. The molecule has 5 rings (SSSR count). The second kappa shape index (κ2) is 34.5. The highest BCUT2D eigenvalue weighted by Gasteiger charge is 2.58. The molecule has 0 bridgehead atoms. The number of hydrogen-bond acceptors (Lipinski definition) is 20. The van der Waals surface area contributed by atoms with Crippen molar-refractivity contribution in [2.75, 3.05) is 71.8 Å². The fraction of sp³-hybridized carbons (Fsp3) is 0.527. The molecule has 29 nitrogen and oxygen atoms in total. The van der Waals surface area contributed by atoms with Gasteiger partial charge in [-0.3, -0.25) is 34.1 Å². The number of ether oxygens (including phenoxy) is 10. The van der Waals surface area contributed by atoms with Gasteiger partial charge in [0.2, 0.25) is 23.6 Å². The summed E-state index contributed by atoms with van der Waals surface area (Å²) >= 11 is 0. The number of benzene rings is 3. The molecule has 460 valence electrons. The van der Waals surface area contributed by atoms with Crippen molar-refractivity contribution in [3.63, 3.8) is 0 Å². The van der Waals surface area contributed by atoms with Crippen LogP contribution in [0.1, 0.15) is 64.5 Å². The van der Waals surface area contributed by atoms with Crippen molar-refractivity contribution < 1.29 is 90.6 Å². The van der Waals surface area contributed by atoms with Gasteiger partial charge in [0.25, 0.3) is 11.6 Å². The average Bonchev–Trinajstić information content (AvgIpc) is 3.52. The van der Waals surface area contributed by atoms with Crippen LogP contribution in [0, 0.1) is 16.0 Å². The minimum Gasteiger partial charge on any atom is -0.445 e. The second-order valence-electron chi connectivity index (χ2n) is 19.8. The van der Waals surface area contributed by atoms with Crippen molar-refractivity contribution in [1.82, 2.24) is 31.9 Å². The number of alkyl carbamates (subject to hydrolysis) is 1. The quantitative estimate of drug-likeness (QED) is 0.0138. The molecule has 84 heavy (non-hydrogen) atoms. The summed E-state index contributed by atoms with van der Waals surface area (Å²) in [6.07, 6.45) is -6.87. The molecule has 2 aliphatic rings. The standard InChI is InChI=1S/C55H75N9O20/c1-34(2)43(49(68)60-40(12-9-23-58-52(56)70)47(66)59-37-15-13-36(14-16-37)33-80-54(72)81-39-19-17-38(18-20-39)64(73)74)63-48(67)41(61-53(71)79-32-35-10-7-6-8-11-35)21-22-42(65)62-51-46-44(83-55(3,4)84-46)45(82-51)50(69)57-24-25-76-28-29-78-31-30-77-27-26-75-5/h6-8,10-11,13-20,34,40-41,43-46,51H,9,12,21-33H2,1-5H3,(H,57,69)(H,59,66)(H,60,68)(H,61,71)(H,62,65)(H,63,67)(H3,56,58,70)/t40-,41-,43-,44+,45-,46+,51?/m0/s1. The number of non-ortho nitro benzene ring substituents is 1. The van der Waals surface area contributed by atoms with Crippen molar-refractivity contribution in [2.24, 2.45) is 11.7 Å². The van der Waals surface area contributed by atoms with Crippen LogP contribution in [-0.4, -0.2) is 168 Å². The van der Waals surface area contributed by atoms with Gasteiger partial charge >= 0.3 is 18.3 Å². The molecule has 3 aromatic rings. The third kappa shape index (κ3) is 23.3. The minimum atomic E-state index is -1.48. The van der Waals surface area contributed by atoms with Crippen LogP contribution in [0.15, 0.2) is 78.9 Å². The molecule has 7 atom stereocenters. The predicted octanol–water partition coefficient (Wildman–Crippen LogP) is 2.57. The molecule has 0 radical (unpaired) electrons. The topological polar surface area (TPSA) is 382 Å². The number of fused-ring (bicyclic) bond motifs is 1. The zero-order chi connectivity index (χ0) is 61.0. The number of urea groups is 1. The largest absolute Gasteiger partial charge is 0.514 e. The normalized spacial score (nSPS) is 17.7. The van der Waals surface area contributed by atoms with Crippen molar-refractivity contribution in [2.45, 2.75) is 115 Å². The molecule has 9 N–H and O–H groups in total. The van der Waals surface area contributed by atoms with Crippen molar-refractivity contribution >= 4 is 59.2 Å². The third-order valence-electron chi connectivity index (χ3n) is 12.5. The first-order valence-electron chi connectivity index (χ1n) is 27.1. The highest BCUT2D eigenvalue weighted by Crippen LogP contribution is 2.38. The molecule has 2 aliphatic heterocycles. The molecule has 0 aliphatic carbocycles. The minimum absolute atomic E-state index is 0.0163. The lowest BCUT2D eigenvalue weighted by atomic mass is 10.0. The molecular weight excluding hydrogens is 1110 g/mol. The summed E-state index contributed by atoms with van der Waals surface area (Å²) in [4.78, 5) is 117. The Labute approximate surface area is 484 Å². The number of nitrogens with zero attached hydrogens (tertiary/aromatic N) is 1. The van der Waals surface area contributed by atoms with E-state index in [0.717, 1.165) is 12.1 Å². The monoisotopic (exact) mass is 1180 g/mol. The number of nitro groups is 1. The van der Waals surface area contributed by atoms with Gasteiger partial charge in [0, 0.05) is 44.4 Å². The molecule has 0 spiro atoms. The van der Waals surface area contributed by atoms with E-state index in [2.05, 4.69) is 37.2 Å². The molecular formula is C55H75N9O20. The van der Waals surface area contributed by atoms with Crippen LogP contribution in [0.25, 0.3) is 0 Å². The number of amides is 8. The SMILES string of the molecule is COCCOCCOCCOCCNC(=O)[C@H]1OC(NC(=O)CC[C@H](NC(=O)OCc2ccccc2)C(=O)N[C@H](C(=O)N[C@@H](CCCNC(N)=O)C(=O)Nc2ccc(COC(=O)Oc3ccc([N+](=O)[O-])cc3)cc2)C(C)C)[C@@H]2OC(C)(C)O[C@H]12. The van der Waals surface area contributed by atoms with E-state index in [0.29, 0.717) is 44.2 Å². The summed E-state index contributed by atoms with van der Waals surface area (Å²) in [6, 6.07) is 14.8. The van der Waals surface area contributed by atoms with Gasteiger partial charge in [-0.05, 0) is 74.4 Å². The number of rotatable bonds is 35. The number of primary amides is 1. The van der Waals surface area contributed by atoms with E-state index >= 15 is 0 Å². The summed E-state index contributed by atoms with van der Waals surface area (Å²) in [5.74, 6) is -5.29.